The third-order valence-electron chi connectivity index (χ3n) is 5.48. The SMILES string of the molecule is CCNC(=NCCC1CCN(CC)CC1)NCCN1CCCCC1. The summed E-state index contributed by atoms with van der Waals surface area (Å²) in [6, 6.07) is 0. The first-order valence-corrected chi connectivity index (χ1v) is 10.3. The molecule has 0 aromatic carbocycles. The van der Waals surface area contributed by atoms with Gasteiger partial charge >= 0.3 is 0 Å². The van der Waals surface area contributed by atoms with Crippen LogP contribution in [0.5, 0.6) is 0 Å². The Hall–Kier alpha value is -0.810. The van der Waals surface area contributed by atoms with Gasteiger partial charge in [0.1, 0.15) is 0 Å². The molecule has 2 fully saturated rings. The van der Waals surface area contributed by atoms with Gasteiger partial charge in [0, 0.05) is 26.2 Å². The molecule has 0 spiro atoms. The molecule has 2 N–H and O–H groups in total. The molecule has 0 unspecified atom stereocenters. The first-order valence-electron chi connectivity index (χ1n) is 10.3. The van der Waals surface area contributed by atoms with Gasteiger partial charge in [-0.2, -0.15) is 0 Å². The molecular weight excluding hydrogens is 298 g/mol. The third kappa shape index (κ3) is 7.39. The average molecular weight is 338 g/mol. The van der Waals surface area contributed by atoms with Crippen molar-refractivity contribution in [2.45, 2.75) is 52.4 Å². The summed E-state index contributed by atoms with van der Waals surface area (Å²) in [5.41, 5.74) is 0. The van der Waals surface area contributed by atoms with Gasteiger partial charge in [0.25, 0.3) is 0 Å². The molecule has 5 nitrogen and oxygen atoms in total. The van der Waals surface area contributed by atoms with E-state index in [1.54, 1.807) is 0 Å². The summed E-state index contributed by atoms with van der Waals surface area (Å²) in [6.07, 6.45) is 8.08. The Balaban J connectivity index is 1.62. The standard InChI is InChI=1S/C19H39N5/c1-3-20-19(22-12-17-24-13-6-5-7-14-24)21-11-8-18-9-15-23(4-2)16-10-18/h18H,3-17H2,1-2H3,(H2,20,21,22). The molecule has 2 rings (SSSR count). The molecule has 0 aliphatic carbocycles. The largest absolute Gasteiger partial charge is 0.357 e. The highest BCUT2D eigenvalue weighted by atomic mass is 15.2. The Bertz CT molecular complexity index is 344. The van der Waals surface area contributed by atoms with E-state index >= 15 is 0 Å². The quantitative estimate of drug-likeness (QED) is 0.526. The number of nitrogens with zero attached hydrogens (tertiary/aromatic N) is 3. The van der Waals surface area contributed by atoms with Crippen LogP contribution in [0.25, 0.3) is 0 Å². The molecule has 2 heterocycles. The molecule has 2 saturated heterocycles. The first kappa shape index (κ1) is 19.5. The van der Waals surface area contributed by atoms with Crippen molar-refractivity contribution >= 4 is 5.96 Å². The van der Waals surface area contributed by atoms with Crippen molar-refractivity contribution in [3.05, 3.63) is 0 Å². The lowest BCUT2D eigenvalue weighted by molar-refractivity contribution is 0.188. The number of rotatable bonds is 8. The highest BCUT2D eigenvalue weighted by molar-refractivity contribution is 5.79. The van der Waals surface area contributed by atoms with Gasteiger partial charge in [-0.3, -0.25) is 4.99 Å². The van der Waals surface area contributed by atoms with Crippen LogP contribution in [0.2, 0.25) is 0 Å². The van der Waals surface area contributed by atoms with Crippen LogP contribution in [-0.4, -0.2) is 74.7 Å². The maximum Gasteiger partial charge on any atom is 0.191 e. The molecule has 0 atom stereocenters. The van der Waals surface area contributed by atoms with Crippen molar-refractivity contribution in [1.29, 1.82) is 0 Å². The molecule has 0 aromatic rings. The van der Waals surface area contributed by atoms with E-state index in [1.807, 2.05) is 0 Å². The Morgan fingerprint density at radius 2 is 1.71 bits per heavy atom. The van der Waals surface area contributed by atoms with Gasteiger partial charge in [-0.15, -0.1) is 0 Å². The Morgan fingerprint density at radius 1 is 0.958 bits per heavy atom. The highest BCUT2D eigenvalue weighted by Crippen LogP contribution is 2.20. The van der Waals surface area contributed by atoms with E-state index in [2.05, 4.69) is 34.3 Å². The first-order chi connectivity index (χ1) is 11.8. The summed E-state index contributed by atoms with van der Waals surface area (Å²) >= 11 is 0. The zero-order valence-corrected chi connectivity index (χ0v) is 16.0. The third-order valence-corrected chi connectivity index (χ3v) is 5.48. The van der Waals surface area contributed by atoms with Crippen molar-refractivity contribution in [3.8, 4) is 0 Å². The topological polar surface area (TPSA) is 42.9 Å². The minimum Gasteiger partial charge on any atom is -0.357 e. The molecule has 2 aliphatic rings. The van der Waals surface area contributed by atoms with Gasteiger partial charge in [0.2, 0.25) is 0 Å². The van der Waals surface area contributed by atoms with E-state index in [4.69, 9.17) is 4.99 Å². The van der Waals surface area contributed by atoms with E-state index in [1.165, 1.54) is 71.2 Å². The van der Waals surface area contributed by atoms with E-state index in [9.17, 15) is 0 Å². The van der Waals surface area contributed by atoms with Gasteiger partial charge in [0.05, 0.1) is 0 Å². The molecule has 5 heteroatoms. The molecule has 0 amide bonds. The van der Waals surface area contributed by atoms with Crippen molar-refractivity contribution < 1.29 is 0 Å². The Labute approximate surface area is 149 Å². The summed E-state index contributed by atoms with van der Waals surface area (Å²) in [5.74, 6) is 1.87. The molecule has 140 valence electrons. The number of guanidine groups is 1. The lowest BCUT2D eigenvalue weighted by atomic mass is 9.94. The van der Waals surface area contributed by atoms with Gasteiger partial charge in [-0.25, -0.2) is 0 Å². The van der Waals surface area contributed by atoms with Crippen molar-refractivity contribution in [3.63, 3.8) is 0 Å². The van der Waals surface area contributed by atoms with Crippen molar-refractivity contribution in [2.24, 2.45) is 10.9 Å². The molecule has 2 aliphatic heterocycles. The number of hydrogen-bond donors (Lipinski definition) is 2. The zero-order chi connectivity index (χ0) is 17.0. The number of hydrogen-bond acceptors (Lipinski definition) is 3. The number of aliphatic imine (C=N–C) groups is 1. The summed E-state index contributed by atoms with van der Waals surface area (Å²) in [5, 5.41) is 6.90. The van der Waals surface area contributed by atoms with Crippen LogP contribution >= 0.6 is 0 Å². The Kier molecular flexibility index (Phi) is 9.51. The molecule has 0 bridgehead atoms. The molecule has 0 saturated carbocycles. The Morgan fingerprint density at radius 3 is 2.38 bits per heavy atom. The van der Waals surface area contributed by atoms with Crippen LogP contribution in [0.3, 0.4) is 0 Å². The second-order valence-corrected chi connectivity index (χ2v) is 7.26. The fourth-order valence-electron chi connectivity index (χ4n) is 3.81. The fourth-order valence-corrected chi connectivity index (χ4v) is 3.81. The number of likely N-dealkylation sites (tertiary alicyclic amines) is 2. The van der Waals surface area contributed by atoms with E-state index in [0.29, 0.717) is 0 Å². The maximum atomic E-state index is 4.79. The van der Waals surface area contributed by atoms with E-state index in [-0.39, 0.29) is 0 Å². The van der Waals surface area contributed by atoms with Gasteiger partial charge < -0.3 is 20.4 Å². The minimum atomic E-state index is 0.868. The van der Waals surface area contributed by atoms with Crippen LogP contribution in [0, 0.1) is 5.92 Å². The molecule has 0 aromatic heterocycles. The lowest BCUT2D eigenvalue weighted by Crippen LogP contribution is -2.42. The summed E-state index contributed by atoms with van der Waals surface area (Å²) in [4.78, 5) is 9.92. The van der Waals surface area contributed by atoms with Crippen molar-refractivity contribution in [1.82, 2.24) is 20.4 Å². The predicted octanol–water partition coefficient (Wildman–Crippen LogP) is 2.15. The van der Waals surface area contributed by atoms with Crippen LogP contribution in [0.4, 0.5) is 0 Å². The zero-order valence-electron chi connectivity index (χ0n) is 16.0. The van der Waals surface area contributed by atoms with Crippen LogP contribution in [-0.2, 0) is 0 Å². The monoisotopic (exact) mass is 337 g/mol. The number of piperidine rings is 2. The minimum absolute atomic E-state index is 0.868. The van der Waals surface area contributed by atoms with Crippen LogP contribution < -0.4 is 10.6 Å². The summed E-state index contributed by atoms with van der Waals surface area (Å²) in [6.45, 7) is 14.7. The summed E-state index contributed by atoms with van der Waals surface area (Å²) < 4.78 is 0. The van der Waals surface area contributed by atoms with Gasteiger partial charge in [-0.05, 0) is 77.7 Å². The second kappa shape index (κ2) is 11.7. The van der Waals surface area contributed by atoms with E-state index < -0.39 is 0 Å². The molecular formula is C19H39N5. The van der Waals surface area contributed by atoms with Crippen molar-refractivity contribution in [2.75, 3.05) is 58.9 Å². The fraction of sp³-hybridized carbons (Fsp3) is 0.947. The number of nitrogens with one attached hydrogen (secondary N) is 2. The van der Waals surface area contributed by atoms with E-state index in [0.717, 1.165) is 38.1 Å². The molecule has 0 radical (unpaired) electrons. The average Bonchev–Trinajstić information content (AvgIpc) is 2.63. The van der Waals surface area contributed by atoms with Gasteiger partial charge in [-0.1, -0.05) is 13.3 Å². The normalized spacial score (nSPS) is 21.8. The highest BCUT2D eigenvalue weighted by Gasteiger charge is 2.17. The smallest absolute Gasteiger partial charge is 0.191 e. The summed E-state index contributed by atoms with van der Waals surface area (Å²) in [7, 11) is 0. The predicted molar refractivity (Wildman–Crippen MR) is 104 cm³/mol. The second-order valence-electron chi connectivity index (χ2n) is 7.26. The van der Waals surface area contributed by atoms with Crippen LogP contribution in [0.1, 0.15) is 52.4 Å². The van der Waals surface area contributed by atoms with Crippen LogP contribution in [0.15, 0.2) is 4.99 Å². The molecule has 24 heavy (non-hydrogen) atoms. The lowest BCUT2D eigenvalue weighted by Gasteiger charge is -2.30. The van der Waals surface area contributed by atoms with Gasteiger partial charge in [0.15, 0.2) is 5.96 Å². The maximum absolute atomic E-state index is 4.79.